The molecule has 1 aromatic carbocycles. The number of halogens is 2. The molecule has 0 aliphatic carbocycles. The lowest BCUT2D eigenvalue weighted by atomic mass is 10.2. The first-order chi connectivity index (χ1) is 5.65. The maximum atomic E-state index is 12.8. The van der Waals surface area contributed by atoms with Crippen molar-refractivity contribution in [1.82, 2.24) is 5.32 Å². The van der Waals surface area contributed by atoms with Crippen LogP contribution in [0.2, 0.25) is 0 Å². The molecule has 0 unspecified atom stereocenters. The fourth-order valence-corrected chi connectivity index (χ4v) is 0.808. The molecule has 64 valence electrons. The fourth-order valence-electron chi connectivity index (χ4n) is 0.808. The Hall–Kier alpha value is -1.45. The summed E-state index contributed by atoms with van der Waals surface area (Å²) in [7, 11) is 1.38. The highest BCUT2D eigenvalue weighted by Gasteiger charge is 2.09. The molecular weight excluding hydrogens is 164 g/mol. The van der Waals surface area contributed by atoms with Crippen molar-refractivity contribution in [1.29, 1.82) is 0 Å². The minimum absolute atomic E-state index is 0.154. The SMILES string of the molecule is CNC(=O)c1ccc(F)cc1F. The van der Waals surface area contributed by atoms with Crippen molar-refractivity contribution in [2.24, 2.45) is 0 Å². The van der Waals surface area contributed by atoms with Crippen LogP contribution in [0, 0.1) is 11.6 Å². The Balaban J connectivity index is 3.09. The van der Waals surface area contributed by atoms with E-state index in [9.17, 15) is 13.6 Å². The number of nitrogens with one attached hydrogen (secondary N) is 1. The topological polar surface area (TPSA) is 29.1 Å². The summed E-state index contributed by atoms with van der Waals surface area (Å²) in [6, 6.07) is 2.81. The quantitative estimate of drug-likeness (QED) is 0.678. The second-order valence-electron chi connectivity index (χ2n) is 2.20. The third kappa shape index (κ3) is 1.58. The number of carbonyl (C=O) groups excluding carboxylic acids is 1. The van der Waals surface area contributed by atoms with E-state index in [-0.39, 0.29) is 5.56 Å². The van der Waals surface area contributed by atoms with E-state index in [1.807, 2.05) is 0 Å². The van der Waals surface area contributed by atoms with Gasteiger partial charge in [0.1, 0.15) is 11.6 Å². The van der Waals surface area contributed by atoms with E-state index in [1.54, 1.807) is 0 Å². The molecule has 0 spiro atoms. The van der Waals surface area contributed by atoms with Crippen LogP contribution in [0.4, 0.5) is 8.78 Å². The Morgan fingerprint density at radius 3 is 2.58 bits per heavy atom. The number of amides is 1. The zero-order chi connectivity index (χ0) is 9.14. The zero-order valence-corrected chi connectivity index (χ0v) is 6.40. The van der Waals surface area contributed by atoms with Crippen LogP contribution in [0.25, 0.3) is 0 Å². The highest BCUT2D eigenvalue weighted by Crippen LogP contribution is 2.08. The predicted octanol–water partition coefficient (Wildman–Crippen LogP) is 1.32. The van der Waals surface area contributed by atoms with E-state index < -0.39 is 17.5 Å². The van der Waals surface area contributed by atoms with Crippen molar-refractivity contribution in [3.8, 4) is 0 Å². The zero-order valence-electron chi connectivity index (χ0n) is 6.40. The van der Waals surface area contributed by atoms with Crippen LogP contribution < -0.4 is 5.32 Å². The molecule has 1 aromatic rings. The van der Waals surface area contributed by atoms with Crippen molar-refractivity contribution in [2.45, 2.75) is 0 Å². The average molecular weight is 171 g/mol. The highest BCUT2D eigenvalue weighted by atomic mass is 19.1. The Bertz CT molecular complexity index is 312. The van der Waals surface area contributed by atoms with Crippen LogP contribution in [0.15, 0.2) is 18.2 Å². The first kappa shape index (κ1) is 8.64. The van der Waals surface area contributed by atoms with Gasteiger partial charge in [-0.05, 0) is 12.1 Å². The minimum Gasteiger partial charge on any atom is -0.355 e. The van der Waals surface area contributed by atoms with Gasteiger partial charge in [0.2, 0.25) is 0 Å². The molecular formula is C8H7F2NO. The second-order valence-corrected chi connectivity index (χ2v) is 2.20. The van der Waals surface area contributed by atoms with Crippen molar-refractivity contribution in [3.63, 3.8) is 0 Å². The molecule has 1 rings (SSSR count). The van der Waals surface area contributed by atoms with Gasteiger partial charge in [-0.3, -0.25) is 4.79 Å². The second kappa shape index (κ2) is 3.30. The molecule has 0 radical (unpaired) electrons. The van der Waals surface area contributed by atoms with Gasteiger partial charge in [-0.2, -0.15) is 0 Å². The Kier molecular flexibility index (Phi) is 2.38. The molecule has 0 fully saturated rings. The summed E-state index contributed by atoms with van der Waals surface area (Å²) in [6.45, 7) is 0. The molecule has 2 nitrogen and oxygen atoms in total. The molecule has 0 heterocycles. The van der Waals surface area contributed by atoms with E-state index in [4.69, 9.17) is 0 Å². The minimum atomic E-state index is -0.852. The summed E-state index contributed by atoms with van der Waals surface area (Å²) >= 11 is 0. The monoisotopic (exact) mass is 171 g/mol. The summed E-state index contributed by atoms with van der Waals surface area (Å²) < 4.78 is 25.1. The molecule has 0 saturated heterocycles. The molecule has 0 atom stereocenters. The van der Waals surface area contributed by atoms with Gasteiger partial charge in [0.15, 0.2) is 0 Å². The smallest absolute Gasteiger partial charge is 0.253 e. The highest BCUT2D eigenvalue weighted by molar-refractivity contribution is 5.94. The molecule has 0 aliphatic rings. The van der Waals surface area contributed by atoms with Gasteiger partial charge in [-0.25, -0.2) is 8.78 Å². The molecule has 4 heteroatoms. The van der Waals surface area contributed by atoms with E-state index in [1.165, 1.54) is 7.05 Å². The third-order valence-corrected chi connectivity index (χ3v) is 1.40. The average Bonchev–Trinajstić information content (AvgIpc) is 2.03. The largest absolute Gasteiger partial charge is 0.355 e. The third-order valence-electron chi connectivity index (χ3n) is 1.40. The van der Waals surface area contributed by atoms with Crippen LogP contribution in [0.3, 0.4) is 0 Å². The van der Waals surface area contributed by atoms with E-state index in [0.29, 0.717) is 6.07 Å². The molecule has 0 saturated carbocycles. The van der Waals surface area contributed by atoms with Gasteiger partial charge in [0, 0.05) is 13.1 Å². The van der Waals surface area contributed by atoms with Crippen LogP contribution in [-0.2, 0) is 0 Å². The summed E-state index contributed by atoms with van der Waals surface area (Å²) in [5.41, 5.74) is -0.154. The van der Waals surface area contributed by atoms with Gasteiger partial charge >= 0.3 is 0 Å². The number of rotatable bonds is 1. The Morgan fingerprint density at radius 2 is 2.08 bits per heavy atom. The van der Waals surface area contributed by atoms with E-state index >= 15 is 0 Å². The Morgan fingerprint density at radius 1 is 1.42 bits per heavy atom. The lowest BCUT2D eigenvalue weighted by molar-refractivity contribution is 0.0959. The lowest BCUT2D eigenvalue weighted by Crippen LogP contribution is -2.19. The number of benzene rings is 1. The van der Waals surface area contributed by atoms with E-state index in [2.05, 4.69) is 5.32 Å². The molecule has 0 aromatic heterocycles. The maximum Gasteiger partial charge on any atom is 0.253 e. The van der Waals surface area contributed by atoms with Gasteiger partial charge in [0.05, 0.1) is 5.56 Å². The van der Waals surface area contributed by atoms with Gasteiger partial charge < -0.3 is 5.32 Å². The van der Waals surface area contributed by atoms with Crippen molar-refractivity contribution in [3.05, 3.63) is 35.4 Å². The fraction of sp³-hybridized carbons (Fsp3) is 0.125. The number of hydrogen-bond donors (Lipinski definition) is 1. The van der Waals surface area contributed by atoms with Crippen molar-refractivity contribution in [2.75, 3.05) is 7.05 Å². The van der Waals surface area contributed by atoms with Crippen molar-refractivity contribution >= 4 is 5.91 Å². The van der Waals surface area contributed by atoms with Crippen LogP contribution in [0.1, 0.15) is 10.4 Å². The predicted molar refractivity (Wildman–Crippen MR) is 39.7 cm³/mol. The van der Waals surface area contributed by atoms with Gasteiger partial charge in [0.25, 0.3) is 5.91 Å². The molecule has 1 amide bonds. The maximum absolute atomic E-state index is 12.8. The first-order valence-electron chi connectivity index (χ1n) is 3.32. The van der Waals surface area contributed by atoms with E-state index in [0.717, 1.165) is 12.1 Å². The first-order valence-corrected chi connectivity index (χ1v) is 3.32. The van der Waals surface area contributed by atoms with Crippen LogP contribution in [0.5, 0.6) is 0 Å². The molecule has 1 N–H and O–H groups in total. The molecule has 0 aliphatic heterocycles. The summed E-state index contributed by atoms with van der Waals surface area (Å²) in [4.78, 5) is 10.9. The summed E-state index contributed by atoms with van der Waals surface area (Å²) in [5.74, 6) is -2.11. The van der Waals surface area contributed by atoms with Gasteiger partial charge in [-0.15, -0.1) is 0 Å². The normalized spacial score (nSPS) is 9.58. The van der Waals surface area contributed by atoms with Gasteiger partial charge in [-0.1, -0.05) is 0 Å². The van der Waals surface area contributed by atoms with Crippen molar-refractivity contribution < 1.29 is 13.6 Å². The standard InChI is InChI=1S/C8H7F2NO/c1-11-8(12)6-3-2-5(9)4-7(6)10/h2-4H,1H3,(H,11,12). The Labute approximate surface area is 68.2 Å². The molecule has 0 bridgehead atoms. The van der Waals surface area contributed by atoms with Crippen LogP contribution in [-0.4, -0.2) is 13.0 Å². The summed E-state index contributed by atoms with van der Waals surface area (Å²) in [5, 5.41) is 2.24. The molecule has 12 heavy (non-hydrogen) atoms. The number of carbonyl (C=O) groups is 1. The van der Waals surface area contributed by atoms with Crippen LogP contribution >= 0.6 is 0 Å². The lowest BCUT2D eigenvalue weighted by Gasteiger charge is -2.00. The summed E-state index contributed by atoms with van der Waals surface area (Å²) in [6.07, 6.45) is 0. The number of hydrogen-bond acceptors (Lipinski definition) is 1.